The second kappa shape index (κ2) is 13.5. The Morgan fingerprint density at radius 1 is 1.02 bits per heavy atom. The summed E-state index contributed by atoms with van der Waals surface area (Å²) in [6, 6.07) is 11.2. The number of benzene rings is 2. The molecule has 1 saturated heterocycles. The van der Waals surface area contributed by atoms with Crippen LogP contribution in [0.2, 0.25) is 5.02 Å². The summed E-state index contributed by atoms with van der Waals surface area (Å²) in [5.74, 6) is -1.05. The van der Waals surface area contributed by atoms with Crippen LogP contribution in [0.4, 0.5) is 5.69 Å². The lowest BCUT2D eigenvalue weighted by molar-refractivity contribution is -0.145. The summed E-state index contributed by atoms with van der Waals surface area (Å²) in [7, 11) is 0. The number of nitrogens with one attached hydrogen (secondary N) is 2. The quantitative estimate of drug-likeness (QED) is 0.398. The molecule has 1 spiro atoms. The Kier molecular flexibility index (Phi) is 9.72. The highest BCUT2D eigenvalue weighted by Crippen LogP contribution is 2.47. The molecule has 0 aromatic heterocycles. The minimum absolute atomic E-state index is 0.00912. The third-order valence-electron chi connectivity index (χ3n) is 9.37. The summed E-state index contributed by atoms with van der Waals surface area (Å²) in [5, 5.41) is 6.29. The molecule has 0 bridgehead atoms. The standard InChI is InChI=1S/C33H42ClN5O4/c1-22-18-25(8-9-26(22)34)36-31(42)27(12-16-35)37-32(43)28-19-23-6-2-3-7-24(23)20-39(28)30(41)11-10-29(40)38-17-5-15-33(21-38)13-4-14-33/h2-3,6-9,18,27-28H,4-5,10-17,19-21,35H2,1H3,(H,36,42)(H,37,43)/t27-,28-/m0/s1. The van der Waals surface area contributed by atoms with Crippen LogP contribution >= 0.6 is 11.6 Å². The minimum Gasteiger partial charge on any atom is -0.342 e. The van der Waals surface area contributed by atoms with E-state index in [1.54, 1.807) is 23.1 Å². The van der Waals surface area contributed by atoms with E-state index >= 15 is 0 Å². The Hall–Kier alpha value is -3.43. The number of fused-ring (bicyclic) bond motifs is 1. The van der Waals surface area contributed by atoms with E-state index in [-0.39, 0.29) is 49.6 Å². The molecule has 1 saturated carbocycles. The van der Waals surface area contributed by atoms with E-state index in [0.717, 1.165) is 36.2 Å². The molecule has 230 valence electrons. The van der Waals surface area contributed by atoms with Crippen molar-refractivity contribution in [3.05, 3.63) is 64.2 Å². The zero-order valence-corrected chi connectivity index (χ0v) is 25.6. The fraction of sp³-hybridized carbons (Fsp3) is 0.515. The van der Waals surface area contributed by atoms with Gasteiger partial charge in [-0.15, -0.1) is 0 Å². The van der Waals surface area contributed by atoms with Crippen molar-refractivity contribution in [3.63, 3.8) is 0 Å². The molecule has 0 radical (unpaired) electrons. The number of carbonyl (C=O) groups is 4. The molecule has 43 heavy (non-hydrogen) atoms. The van der Waals surface area contributed by atoms with E-state index in [9.17, 15) is 19.2 Å². The number of nitrogens with zero attached hydrogens (tertiary/aromatic N) is 2. The van der Waals surface area contributed by atoms with E-state index in [2.05, 4.69) is 10.6 Å². The van der Waals surface area contributed by atoms with Gasteiger partial charge in [-0.05, 0) is 85.9 Å². The van der Waals surface area contributed by atoms with Crippen LogP contribution in [-0.2, 0) is 32.1 Å². The number of nitrogens with two attached hydrogens (primary N) is 1. The Balaban J connectivity index is 1.26. The normalized spacial score (nSPS) is 19.7. The predicted molar refractivity (Wildman–Crippen MR) is 166 cm³/mol. The van der Waals surface area contributed by atoms with Crippen molar-refractivity contribution in [2.24, 2.45) is 11.1 Å². The van der Waals surface area contributed by atoms with Gasteiger partial charge in [-0.25, -0.2) is 0 Å². The maximum Gasteiger partial charge on any atom is 0.246 e. The number of carbonyl (C=O) groups excluding carboxylic acids is 4. The molecule has 2 atom stereocenters. The second-order valence-corrected chi connectivity index (χ2v) is 12.8. The first-order valence-electron chi connectivity index (χ1n) is 15.4. The molecular formula is C33H42ClN5O4. The lowest BCUT2D eigenvalue weighted by Crippen LogP contribution is -2.56. The van der Waals surface area contributed by atoms with Crippen LogP contribution in [-0.4, -0.2) is 65.1 Å². The van der Waals surface area contributed by atoms with Gasteiger partial charge in [-0.1, -0.05) is 42.3 Å². The highest BCUT2D eigenvalue weighted by molar-refractivity contribution is 6.31. The highest BCUT2D eigenvalue weighted by atomic mass is 35.5. The number of hydrogen-bond acceptors (Lipinski definition) is 5. The first-order chi connectivity index (χ1) is 20.7. The number of aryl methyl sites for hydroxylation is 1. The number of likely N-dealkylation sites (tertiary alicyclic amines) is 1. The van der Waals surface area contributed by atoms with Gasteiger partial charge in [-0.2, -0.15) is 0 Å². The van der Waals surface area contributed by atoms with E-state index in [0.29, 0.717) is 17.1 Å². The zero-order chi connectivity index (χ0) is 30.6. The maximum absolute atomic E-state index is 13.7. The molecule has 0 unspecified atom stereocenters. The summed E-state index contributed by atoms with van der Waals surface area (Å²) in [4.78, 5) is 57.2. The number of rotatable bonds is 9. The van der Waals surface area contributed by atoms with Gasteiger partial charge in [-0.3, -0.25) is 19.2 Å². The topological polar surface area (TPSA) is 125 Å². The summed E-state index contributed by atoms with van der Waals surface area (Å²) in [6.45, 7) is 3.84. The average molecular weight is 608 g/mol. The van der Waals surface area contributed by atoms with Crippen molar-refractivity contribution >= 4 is 40.9 Å². The molecule has 3 aliphatic rings. The summed E-state index contributed by atoms with van der Waals surface area (Å²) >= 11 is 6.12. The van der Waals surface area contributed by atoms with Crippen molar-refractivity contribution < 1.29 is 19.2 Å². The number of piperidine rings is 1. The fourth-order valence-electron chi connectivity index (χ4n) is 6.70. The fourth-order valence-corrected chi connectivity index (χ4v) is 6.81. The Morgan fingerprint density at radius 2 is 1.74 bits per heavy atom. The summed E-state index contributed by atoms with van der Waals surface area (Å²) < 4.78 is 0. The smallest absolute Gasteiger partial charge is 0.246 e. The molecule has 2 aliphatic heterocycles. The Labute approximate surface area is 258 Å². The summed E-state index contributed by atoms with van der Waals surface area (Å²) in [5.41, 5.74) is 9.43. The van der Waals surface area contributed by atoms with Gasteiger partial charge in [0.25, 0.3) is 0 Å². The third-order valence-corrected chi connectivity index (χ3v) is 9.79. The van der Waals surface area contributed by atoms with Gasteiger partial charge in [0, 0.05) is 49.6 Å². The van der Waals surface area contributed by atoms with E-state index in [1.165, 1.54) is 25.7 Å². The molecule has 9 nitrogen and oxygen atoms in total. The first kappa shape index (κ1) is 31.0. The Bertz CT molecular complexity index is 1380. The maximum atomic E-state index is 13.7. The molecule has 10 heteroatoms. The first-order valence-corrected chi connectivity index (χ1v) is 15.8. The number of anilines is 1. The van der Waals surface area contributed by atoms with Gasteiger partial charge in [0.15, 0.2) is 0 Å². The van der Waals surface area contributed by atoms with Crippen LogP contribution in [0, 0.1) is 12.3 Å². The van der Waals surface area contributed by atoms with Crippen molar-refractivity contribution in [1.29, 1.82) is 0 Å². The molecule has 5 rings (SSSR count). The number of halogens is 1. The van der Waals surface area contributed by atoms with E-state index < -0.39 is 23.9 Å². The van der Waals surface area contributed by atoms with E-state index in [4.69, 9.17) is 17.3 Å². The van der Waals surface area contributed by atoms with Crippen molar-refractivity contribution in [2.45, 2.75) is 83.3 Å². The van der Waals surface area contributed by atoms with Gasteiger partial charge in [0.05, 0.1) is 0 Å². The van der Waals surface area contributed by atoms with Crippen LogP contribution < -0.4 is 16.4 Å². The molecule has 4 amide bonds. The minimum atomic E-state index is -0.887. The van der Waals surface area contributed by atoms with Gasteiger partial charge < -0.3 is 26.2 Å². The Morgan fingerprint density at radius 3 is 2.44 bits per heavy atom. The van der Waals surface area contributed by atoms with Crippen LogP contribution in [0.1, 0.15) is 68.1 Å². The van der Waals surface area contributed by atoms with Gasteiger partial charge in [0.1, 0.15) is 12.1 Å². The number of amides is 4. The van der Waals surface area contributed by atoms with Crippen LogP contribution in [0.25, 0.3) is 0 Å². The SMILES string of the molecule is Cc1cc(NC(=O)[C@H](CCN)NC(=O)[C@@H]2Cc3ccccc3CN2C(=O)CCC(=O)N2CCCC3(CCC3)C2)ccc1Cl. The van der Waals surface area contributed by atoms with Gasteiger partial charge in [0.2, 0.25) is 23.6 Å². The average Bonchev–Trinajstić information content (AvgIpc) is 2.99. The molecule has 1 aliphatic carbocycles. The van der Waals surface area contributed by atoms with Crippen molar-refractivity contribution in [2.75, 3.05) is 25.0 Å². The molecule has 2 heterocycles. The molecule has 2 aromatic rings. The van der Waals surface area contributed by atoms with E-state index in [1.807, 2.05) is 36.1 Å². The lowest BCUT2D eigenvalue weighted by Gasteiger charge is -2.49. The third kappa shape index (κ3) is 7.21. The monoisotopic (exact) mass is 607 g/mol. The largest absolute Gasteiger partial charge is 0.342 e. The zero-order valence-electron chi connectivity index (χ0n) is 24.9. The van der Waals surface area contributed by atoms with Crippen LogP contribution in [0.3, 0.4) is 0 Å². The summed E-state index contributed by atoms with van der Waals surface area (Å²) in [6.07, 6.45) is 6.51. The second-order valence-electron chi connectivity index (χ2n) is 12.4. The van der Waals surface area contributed by atoms with Crippen LogP contribution in [0.15, 0.2) is 42.5 Å². The molecule has 2 aromatic carbocycles. The highest BCUT2D eigenvalue weighted by Gasteiger charge is 2.42. The van der Waals surface area contributed by atoms with Gasteiger partial charge >= 0.3 is 0 Å². The van der Waals surface area contributed by atoms with Crippen molar-refractivity contribution in [3.8, 4) is 0 Å². The number of hydrogen-bond donors (Lipinski definition) is 3. The molecule has 4 N–H and O–H groups in total. The molecule has 2 fully saturated rings. The van der Waals surface area contributed by atoms with Crippen molar-refractivity contribution in [1.82, 2.24) is 15.1 Å². The molecular weight excluding hydrogens is 566 g/mol. The van der Waals surface area contributed by atoms with Crippen LogP contribution in [0.5, 0.6) is 0 Å². The predicted octanol–water partition coefficient (Wildman–Crippen LogP) is 3.95. The lowest BCUT2D eigenvalue weighted by atomic mass is 9.64.